The lowest BCUT2D eigenvalue weighted by molar-refractivity contribution is -0.125. The van der Waals surface area contributed by atoms with Crippen LogP contribution in [-0.4, -0.2) is 44.5 Å². The van der Waals surface area contributed by atoms with Gasteiger partial charge in [0, 0.05) is 28.4 Å². The van der Waals surface area contributed by atoms with Crippen molar-refractivity contribution < 1.29 is 14.1 Å². The van der Waals surface area contributed by atoms with Crippen molar-refractivity contribution in [3.05, 3.63) is 53.0 Å². The number of hydrogen-bond acceptors (Lipinski definition) is 5. The van der Waals surface area contributed by atoms with Crippen LogP contribution in [-0.2, 0) is 4.79 Å². The molecule has 0 bridgehead atoms. The summed E-state index contributed by atoms with van der Waals surface area (Å²) in [4.78, 5) is 30.9. The van der Waals surface area contributed by atoms with Gasteiger partial charge in [0.15, 0.2) is 0 Å². The topological polar surface area (TPSA) is 91.2 Å². The van der Waals surface area contributed by atoms with Gasteiger partial charge in [-0.25, -0.2) is 0 Å². The van der Waals surface area contributed by atoms with E-state index in [1.54, 1.807) is 22.9 Å². The van der Waals surface area contributed by atoms with E-state index in [-0.39, 0.29) is 17.9 Å². The average molecular weight is 398 g/mol. The highest BCUT2D eigenvalue weighted by molar-refractivity contribution is 7.99. The highest BCUT2D eigenvalue weighted by Crippen LogP contribution is 2.28. The number of nitrogens with zero attached hydrogens (tertiary/aromatic N) is 2. The molecule has 3 aromatic rings. The van der Waals surface area contributed by atoms with E-state index >= 15 is 0 Å². The van der Waals surface area contributed by atoms with E-state index in [1.807, 2.05) is 45.0 Å². The molecule has 1 saturated heterocycles. The number of carbonyl (C=O) groups excluding carboxylic acids is 2. The van der Waals surface area contributed by atoms with Crippen LogP contribution in [0.15, 0.2) is 35.0 Å². The predicted molar refractivity (Wildman–Crippen MR) is 108 cm³/mol. The van der Waals surface area contributed by atoms with Gasteiger partial charge < -0.3 is 19.7 Å². The van der Waals surface area contributed by atoms with Crippen molar-refractivity contribution in [1.29, 1.82) is 0 Å². The van der Waals surface area contributed by atoms with Gasteiger partial charge >= 0.3 is 0 Å². The summed E-state index contributed by atoms with van der Waals surface area (Å²) in [7, 11) is 0. The van der Waals surface area contributed by atoms with Gasteiger partial charge in [0.05, 0.1) is 23.2 Å². The number of carbonyl (C=O) groups is 2. The summed E-state index contributed by atoms with van der Waals surface area (Å²) in [6.45, 7) is 5.58. The van der Waals surface area contributed by atoms with Crippen LogP contribution in [0.2, 0.25) is 0 Å². The van der Waals surface area contributed by atoms with Crippen LogP contribution in [0.3, 0.4) is 0 Å². The molecular weight excluding hydrogens is 376 g/mol. The highest BCUT2D eigenvalue weighted by atomic mass is 32.2. The van der Waals surface area contributed by atoms with Gasteiger partial charge in [-0.1, -0.05) is 23.4 Å². The molecule has 0 radical (unpaired) electrons. The minimum atomic E-state index is -0.505. The number of hydrogen-bond donors (Lipinski definition) is 2. The summed E-state index contributed by atoms with van der Waals surface area (Å²) >= 11 is 1.58. The normalized spacial score (nSPS) is 17.8. The van der Waals surface area contributed by atoms with Gasteiger partial charge in [0.25, 0.3) is 5.91 Å². The number of H-pyrrole nitrogens is 1. The minimum absolute atomic E-state index is 0.132. The first-order chi connectivity index (χ1) is 13.5. The Morgan fingerprint density at radius 1 is 1.36 bits per heavy atom. The molecule has 146 valence electrons. The van der Waals surface area contributed by atoms with E-state index in [9.17, 15) is 9.59 Å². The predicted octanol–water partition coefficient (Wildman–Crippen LogP) is 3.17. The molecule has 4 rings (SSSR count). The number of fused-ring (bicyclic) bond motifs is 1. The third-order valence-electron chi connectivity index (χ3n) is 5.15. The fourth-order valence-corrected chi connectivity index (χ4v) is 4.91. The van der Waals surface area contributed by atoms with E-state index in [2.05, 4.69) is 15.5 Å². The second-order valence-electron chi connectivity index (χ2n) is 7.01. The smallest absolute Gasteiger partial charge is 0.257 e. The van der Waals surface area contributed by atoms with E-state index in [0.717, 1.165) is 22.2 Å². The summed E-state index contributed by atoms with van der Waals surface area (Å²) in [5, 5.41) is 7.84. The molecule has 7 nitrogen and oxygen atoms in total. The Morgan fingerprint density at radius 2 is 2.14 bits per heavy atom. The fraction of sp³-hybridized carbons (Fsp3) is 0.350. The summed E-state index contributed by atoms with van der Waals surface area (Å²) in [5.41, 5.74) is 3.15. The first kappa shape index (κ1) is 18.6. The average Bonchev–Trinajstić information content (AvgIpc) is 3.39. The Morgan fingerprint density at radius 3 is 2.89 bits per heavy atom. The number of amides is 2. The molecule has 0 saturated carbocycles. The Balaban J connectivity index is 1.53. The maximum absolute atomic E-state index is 13.1. The third kappa shape index (κ3) is 3.17. The molecule has 28 heavy (non-hydrogen) atoms. The quantitative estimate of drug-likeness (QED) is 0.704. The molecule has 1 aliphatic heterocycles. The van der Waals surface area contributed by atoms with Gasteiger partial charge in [-0.05, 0) is 26.8 Å². The lowest BCUT2D eigenvalue weighted by Gasteiger charge is -2.24. The number of thioether (sulfide) groups is 1. The van der Waals surface area contributed by atoms with Crippen LogP contribution >= 0.6 is 11.8 Å². The van der Waals surface area contributed by atoms with Crippen molar-refractivity contribution in [3.63, 3.8) is 0 Å². The van der Waals surface area contributed by atoms with E-state index in [4.69, 9.17) is 4.52 Å². The van der Waals surface area contributed by atoms with Crippen LogP contribution < -0.4 is 5.32 Å². The van der Waals surface area contributed by atoms with E-state index in [0.29, 0.717) is 23.0 Å². The van der Waals surface area contributed by atoms with E-state index in [1.165, 1.54) is 0 Å². The zero-order valence-corrected chi connectivity index (χ0v) is 16.8. The zero-order chi connectivity index (χ0) is 19.8. The molecule has 3 heterocycles. The fourth-order valence-electron chi connectivity index (χ4n) is 3.75. The van der Waals surface area contributed by atoms with Gasteiger partial charge in [-0.2, -0.15) is 0 Å². The molecule has 2 N–H and O–H groups in total. The molecule has 0 unspecified atom stereocenters. The molecule has 2 amide bonds. The Kier molecular flexibility index (Phi) is 4.89. The standard InChI is InChI=1S/C20H22N4O3S/c1-11(18-12(2)23-27-13(18)3)22-19(25)17-9-28-10-24(17)20(26)15-8-21-16-7-5-4-6-14(15)16/h4-8,11,17,21H,9-10H2,1-3H3,(H,22,25)/t11-,17-/m0/s1. The van der Waals surface area contributed by atoms with Crippen LogP contribution in [0, 0.1) is 13.8 Å². The van der Waals surface area contributed by atoms with Gasteiger partial charge in [0.2, 0.25) is 5.91 Å². The lowest BCUT2D eigenvalue weighted by Crippen LogP contribution is -2.47. The first-order valence-electron chi connectivity index (χ1n) is 9.15. The maximum Gasteiger partial charge on any atom is 0.257 e. The molecule has 0 aliphatic carbocycles. The van der Waals surface area contributed by atoms with Crippen molar-refractivity contribution in [2.45, 2.75) is 32.9 Å². The van der Waals surface area contributed by atoms with Crippen LogP contribution in [0.4, 0.5) is 0 Å². The van der Waals surface area contributed by atoms with Crippen LogP contribution in [0.1, 0.15) is 40.3 Å². The monoisotopic (exact) mass is 398 g/mol. The number of aromatic nitrogens is 2. The molecule has 1 aliphatic rings. The van der Waals surface area contributed by atoms with Gasteiger partial charge in [0.1, 0.15) is 11.8 Å². The second kappa shape index (κ2) is 7.35. The number of benzene rings is 1. The van der Waals surface area contributed by atoms with Gasteiger partial charge in [-0.15, -0.1) is 11.8 Å². The maximum atomic E-state index is 13.1. The molecule has 0 spiro atoms. The largest absolute Gasteiger partial charge is 0.361 e. The van der Waals surface area contributed by atoms with Gasteiger partial charge in [-0.3, -0.25) is 9.59 Å². The highest BCUT2D eigenvalue weighted by Gasteiger charge is 2.36. The Hall–Kier alpha value is -2.74. The SMILES string of the molecule is Cc1noc(C)c1[C@H](C)NC(=O)[C@@H]1CSCN1C(=O)c1c[nH]c2ccccc12. The molecule has 1 aromatic carbocycles. The summed E-state index contributed by atoms with van der Waals surface area (Å²) < 4.78 is 5.20. The second-order valence-corrected chi connectivity index (χ2v) is 8.01. The summed E-state index contributed by atoms with van der Waals surface area (Å²) in [5.74, 6) is 1.47. The van der Waals surface area contributed by atoms with E-state index < -0.39 is 6.04 Å². The summed E-state index contributed by atoms with van der Waals surface area (Å²) in [6.07, 6.45) is 1.72. The number of rotatable bonds is 4. The van der Waals surface area contributed by atoms with Crippen molar-refractivity contribution >= 4 is 34.5 Å². The van der Waals surface area contributed by atoms with Crippen molar-refractivity contribution in [2.24, 2.45) is 0 Å². The first-order valence-corrected chi connectivity index (χ1v) is 10.3. The number of nitrogens with one attached hydrogen (secondary N) is 2. The molecular formula is C20H22N4O3S. The van der Waals surface area contributed by atoms with Crippen LogP contribution in [0.5, 0.6) is 0 Å². The Labute approximate surface area is 166 Å². The summed E-state index contributed by atoms with van der Waals surface area (Å²) in [6, 6.07) is 6.92. The lowest BCUT2D eigenvalue weighted by atomic mass is 10.1. The molecule has 1 fully saturated rings. The molecule has 2 atom stereocenters. The Bertz CT molecular complexity index is 1020. The molecule has 2 aromatic heterocycles. The molecule has 8 heteroatoms. The number of para-hydroxylation sites is 1. The van der Waals surface area contributed by atoms with Crippen molar-refractivity contribution in [2.75, 3.05) is 11.6 Å². The number of aromatic amines is 1. The van der Waals surface area contributed by atoms with Crippen molar-refractivity contribution in [1.82, 2.24) is 20.4 Å². The van der Waals surface area contributed by atoms with Crippen LogP contribution in [0.25, 0.3) is 10.9 Å². The zero-order valence-electron chi connectivity index (χ0n) is 16.0. The van der Waals surface area contributed by atoms with Crippen molar-refractivity contribution in [3.8, 4) is 0 Å². The third-order valence-corrected chi connectivity index (χ3v) is 6.16. The number of aryl methyl sites for hydroxylation is 2. The minimum Gasteiger partial charge on any atom is -0.361 e.